The summed E-state index contributed by atoms with van der Waals surface area (Å²) in [5, 5.41) is 13.5. The summed E-state index contributed by atoms with van der Waals surface area (Å²) in [7, 11) is 0. The second-order valence-corrected chi connectivity index (χ2v) is 5.18. The molecule has 0 aliphatic heterocycles. The van der Waals surface area contributed by atoms with Crippen molar-refractivity contribution in [3.8, 4) is 0 Å². The average molecular weight is 307 g/mol. The molecule has 1 aromatic heterocycles. The normalized spacial score (nSPS) is 13.8. The molecule has 1 aliphatic carbocycles. The fourth-order valence-corrected chi connectivity index (χ4v) is 2.06. The van der Waals surface area contributed by atoms with Crippen LogP contribution < -0.4 is 10.6 Å². The molecule has 1 fully saturated rings. The summed E-state index contributed by atoms with van der Waals surface area (Å²) in [6.07, 6.45) is 2.26. The second-order valence-electron chi connectivity index (χ2n) is 4.77. The van der Waals surface area contributed by atoms with Gasteiger partial charge in [-0.05, 0) is 37.1 Å². The summed E-state index contributed by atoms with van der Waals surface area (Å²) in [5.74, 6) is -0.449. The zero-order valence-electron chi connectivity index (χ0n) is 10.9. The number of halogens is 2. The van der Waals surface area contributed by atoms with Crippen LogP contribution in [0.1, 0.15) is 23.2 Å². The van der Waals surface area contributed by atoms with E-state index in [-0.39, 0.29) is 16.4 Å². The first-order chi connectivity index (χ1) is 10.1. The van der Waals surface area contributed by atoms with Gasteiger partial charge < -0.3 is 10.6 Å². The molecule has 0 spiro atoms. The Hall–Kier alpha value is -2.21. The average Bonchev–Trinajstić information content (AvgIpc) is 3.25. The number of rotatable bonds is 4. The minimum atomic E-state index is -0.681. The van der Waals surface area contributed by atoms with Crippen LogP contribution in [0.5, 0.6) is 0 Å². The third-order valence-corrected chi connectivity index (χ3v) is 3.34. The largest absolute Gasteiger partial charge is 0.366 e. The fourth-order valence-electron chi connectivity index (χ4n) is 1.81. The first-order valence-electron chi connectivity index (χ1n) is 6.49. The smallest absolute Gasteiger partial charge is 0.261 e. The molecule has 1 amide bonds. The maximum atomic E-state index is 13.6. The number of carbonyl (C=O) groups is 1. The number of nitrogens with one attached hydrogen (secondary N) is 2. The monoisotopic (exact) mass is 306 g/mol. The molecule has 0 unspecified atom stereocenters. The van der Waals surface area contributed by atoms with Gasteiger partial charge in [-0.1, -0.05) is 17.7 Å². The summed E-state index contributed by atoms with van der Waals surface area (Å²) >= 11 is 5.83. The second kappa shape index (κ2) is 5.65. The van der Waals surface area contributed by atoms with Crippen molar-refractivity contribution in [1.29, 1.82) is 0 Å². The molecule has 7 heteroatoms. The fraction of sp³-hybridized carbons (Fsp3) is 0.214. The van der Waals surface area contributed by atoms with Gasteiger partial charge >= 0.3 is 0 Å². The minimum absolute atomic E-state index is 0.0486. The van der Waals surface area contributed by atoms with E-state index in [2.05, 4.69) is 20.8 Å². The highest BCUT2D eigenvalue weighted by Gasteiger charge is 2.21. The molecule has 108 valence electrons. The van der Waals surface area contributed by atoms with E-state index in [0.717, 1.165) is 12.8 Å². The molecule has 1 saturated carbocycles. The molecule has 0 bridgehead atoms. The predicted molar refractivity (Wildman–Crippen MR) is 78.0 cm³/mol. The van der Waals surface area contributed by atoms with Crippen molar-refractivity contribution in [2.24, 2.45) is 0 Å². The standard InChI is InChI=1S/C14H12ClFN4O/c15-9-2-1-3-10(16)13(9)14(21)18-12-7-6-11(19-20-12)17-8-4-5-8/h1-3,6-8H,4-5H2,(H,17,19)(H,18,20,21). The molecule has 0 saturated heterocycles. The Labute approximate surface area is 125 Å². The highest BCUT2D eigenvalue weighted by Crippen LogP contribution is 2.24. The van der Waals surface area contributed by atoms with Crippen LogP contribution >= 0.6 is 11.6 Å². The van der Waals surface area contributed by atoms with Gasteiger partial charge in [0.15, 0.2) is 5.82 Å². The van der Waals surface area contributed by atoms with Crippen molar-refractivity contribution in [3.63, 3.8) is 0 Å². The zero-order chi connectivity index (χ0) is 14.8. The van der Waals surface area contributed by atoms with Crippen LogP contribution in [0.4, 0.5) is 16.0 Å². The Kier molecular flexibility index (Phi) is 3.70. The lowest BCUT2D eigenvalue weighted by Crippen LogP contribution is -2.16. The predicted octanol–water partition coefficient (Wildman–Crippen LogP) is 3.10. The topological polar surface area (TPSA) is 66.9 Å². The number of hydrogen-bond acceptors (Lipinski definition) is 4. The van der Waals surface area contributed by atoms with Gasteiger partial charge in [0.1, 0.15) is 11.6 Å². The van der Waals surface area contributed by atoms with Crippen LogP contribution in [0.15, 0.2) is 30.3 Å². The molecule has 1 aromatic carbocycles. The van der Waals surface area contributed by atoms with Crippen LogP contribution in [0.3, 0.4) is 0 Å². The Bertz CT molecular complexity index is 653. The van der Waals surface area contributed by atoms with Gasteiger partial charge in [0.2, 0.25) is 0 Å². The van der Waals surface area contributed by atoms with Gasteiger partial charge in [-0.2, -0.15) is 0 Å². The van der Waals surface area contributed by atoms with E-state index < -0.39 is 11.7 Å². The van der Waals surface area contributed by atoms with Crippen molar-refractivity contribution < 1.29 is 9.18 Å². The highest BCUT2D eigenvalue weighted by molar-refractivity contribution is 6.34. The summed E-state index contributed by atoms with van der Waals surface area (Å²) in [6.45, 7) is 0. The van der Waals surface area contributed by atoms with E-state index in [1.807, 2.05) is 0 Å². The minimum Gasteiger partial charge on any atom is -0.366 e. The van der Waals surface area contributed by atoms with E-state index >= 15 is 0 Å². The summed E-state index contributed by atoms with van der Waals surface area (Å²) in [6, 6.07) is 7.85. The summed E-state index contributed by atoms with van der Waals surface area (Å²) in [5.41, 5.74) is -0.207. The van der Waals surface area contributed by atoms with Crippen molar-refractivity contribution in [3.05, 3.63) is 46.7 Å². The molecule has 5 nitrogen and oxygen atoms in total. The lowest BCUT2D eigenvalue weighted by Gasteiger charge is -2.07. The van der Waals surface area contributed by atoms with Crippen LogP contribution in [0.2, 0.25) is 5.02 Å². The van der Waals surface area contributed by atoms with Crippen molar-refractivity contribution in [2.45, 2.75) is 18.9 Å². The van der Waals surface area contributed by atoms with Crippen LogP contribution in [-0.2, 0) is 0 Å². The number of aromatic nitrogens is 2. The Morgan fingerprint density at radius 1 is 1.19 bits per heavy atom. The molecule has 2 aromatic rings. The molecular weight excluding hydrogens is 295 g/mol. The molecule has 3 rings (SSSR count). The van der Waals surface area contributed by atoms with Crippen molar-refractivity contribution in [1.82, 2.24) is 10.2 Å². The number of amides is 1. The molecular formula is C14H12ClFN4O. The van der Waals surface area contributed by atoms with E-state index in [4.69, 9.17) is 11.6 Å². The van der Waals surface area contributed by atoms with Gasteiger partial charge in [0.05, 0.1) is 10.6 Å². The zero-order valence-corrected chi connectivity index (χ0v) is 11.7. The van der Waals surface area contributed by atoms with Crippen LogP contribution in [-0.4, -0.2) is 22.1 Å². The van der Waals surface area contributed by atoms with Gasteiger partial charge in [0.25, 0.3) is 5.91 Å². The molecule has 0 atom stereocenters. The van der Waals surface area contributed by atoms with Gasteiger partial charge in [-0.15, -0.1) is 10.2 Å². The summed E-state index contributed by atoms with van der Waals surface area (Å²) in [4.78, 5) is 12.0. The van der Waals surface area contributed by atoms with E-state index in [1.54, 1.807) is 12.1 Å². The Morgan fingerprint density at radius 2 is 1.90 bits per heavy atom. The molecule has 0 radical (unpaired) electrons. The summed E-state index contributed by atoms with van der Waals surface area (Å²) < 4.78 is 13.6. The molecule has 21 heavy (non-hydrogen) atoms. The van der Waals surface area contributed by atoms with Gasteiger partial charge in [0, 0.05) is 6.04 Å². The number of nitrogens with zero attached hydrogens (tertiary/aromatic N) is 2. The number of anilines is 2. The third kappa shape index (κ3) is 3.28. The maximum absolute atomic E-state index is 13.6. The van der Waals surface area contributed by atoms with Gasteiger partial charge in [-0.25, -0.2) is 4.39 Å². The molecule has 1 heterocycles. The lowest BCUT2D eigenvalue weighted by molar-refractivity contribution is 0.102. The van der Waals surface area contributed by atoms with E-state index in [9.17, 15) is 9.18 Å². The van der Waals surface area contributed by atoms with Crippen LogP contribution in [0.25, 0.3) is 0 Å². The van der Waals surface area contributed by atoms with Crippen LogP contribution in [0, 0.1) is 5.82 Å². The number of benzene rings is 1. The Morgan fingerprint density at radius 3 is 2.52 bits per heavy atom. The Balaban J connectivity index is 1.72. The first-order valence-corrected chi connectivity index (χ1v) is 6.87. The molecule has 1 aliphatic rings. The van der Waals surface area contributed by atoms with Crippen molar-refractivity contribution in [2.75, 3.05) is 10.6 Å². The number of hydrogen-bond donors (Lipinski definition) is 2. The quantitative estimate of drug-likeness (QED) is 0.911. The van der Waals surface area contributed by atoms with Crippen molar-refractivity contribution >= 4 is 29.1 Å². The highest BCUT2D eigenvalue weighted by atomic mass is 35.5. The van der Waals surface area contributed by atoms with E-state index in [0.29, 0.717) is 11.9 Å². The first kappa shape index (κ1) is 13.8. The lowest BCUT2D eigenvalue weighted by atomic mass is 10.2. The van der Waals surface area contributed by atoms with Gasteiger partial charge in [-0.3, -0.25) is 4.79 Å². The molecule has 2 N–H and O–H groups in total. The number of carbonyl (C=O) groups excluding carboxylic acids is 1. The maximum Gasteiger partial charge on any atom is 0.261 e. The SMILES string of the molecule is O=C(Nc1ccc(NC2CC2)nn1)c1c(F)cccc1Cl. The third-order valence-electron chi connectivity index (χ3n) is 3.03. The van der Waals surface area contributed by atoms with E-state index in [1.165, 1.54) is 18.2 Å².